The van der Waals surface area contributed by atoms with Crippen LogP contribution >= 0.6 is 0 Å². The lowest BCUT2D eigenvalue weighted by atomic mass is 9.90. The molecule has 0 spiro atoms. The molecule has 2 N–H and O–H groups in total. The molecule has 18 heavy (non-hydrogen) atoms. The number of amides is 1. The minimum atomic E-state index is 0.197. The lowest BCUT2D eigenvalue weighted by Crippen LogP contribution is -2.47. The van der Waals surface area contributed by atoms with E-state index in [0.29, 0.717) is 24.5 Å². The number of rotatable bonds is 3. The number of fused-ring (bicyclic) bond motifs is 2. The van der Waals surface area contributed by atoms with Gasteiger partial charge in [-0.3, -0.25) is 4.79 Å². The number of ether oxygens (including phenoxy) is 1. The first-order chi connectivity index (χ1) is 8.72. The average molecular weight is 252 g/mol. The molecule has 5 atom stereocenters. The van der Waals surface area contributed by atoms with Crippen molar-refractivity contribution in [3.05, 3.63) is 0 Å². The number of hydrogen-bond acceptors (Lipinski definition) is 3. The molecule has 2 bridgehead atoms. The fourth-order valence-corrected chi connectivity index (χ4v) is 3.64. The van der Waals surface area contributed by atoms with Crippen LogP contribution in [-0.4, -0.2) is 36.7 Å². The molecule has 4 heteroatoms. The van der Waals surface area contributed by atoms with Gasteiger partial charge in [-0.25, -0.2) is 0 Å². The van der Waals surface area contributed by atoms with E-state index >= 15 is 0 Å². The van der Waals surface area contributed by atoms with Crippen LogP contribution < -0.4 is 10.6 Å². The Kier molecular flexibility index (Phi) is 3.57. The molecule has 0 radical (unpaired) electrons. The maximum Gasteiger partial charge on any atom is 0.221 e. The Morgan fingerprint density at radius 2 is 2.28 bits per heavy atom. The van der Waals surface area contributed by atoms with E-state index < -0.39 is 0 Å². The second kappa shape index (κ2) is 5.17. The molecule has 4 nitrogen and oxygen atoms in total. The maximum atomic E-state index is 12.1. The number of hydrogen-bond donors (Lipinski definition) is 2. The molecule has 3 aliphatic rings. The van der Waals surface area contributed by atoms with Crippen molar-refractivity contribution in [3.8, 4) is 0 Å². The van der Waals surface area contributed by atoms with E-state index in [4.69, 9.17) is 4.74 Å². The summed E-state index contributed by atoms with van der Waals surface area (Å²) in [4.78, 5) is 12.1. The van der Waals surface area contributed by atoms with E-state index in [-0.39, 0.29) is 18.1 Å². The largest absolute Gasteiger partial charge is 0.373 e. The molecule has 0 aliphatic carbocycles. The summed E-state index contributed by atoms with van der Waals surface area (Å²) in [6.07, 6.45) is 7.11. The van der Waals surface area contributed by atoms with Crippen molar-refractivity contribution in [3.63, 3.8) is 0 Å². The Balaban J connectivity index is 1.47. The molecule has 1 amide bonds. The highest BCUT2D eigenvalue weighted by molar-refractivity contribution is 5.77. The summed E-state index contributed by atoms with van der Waals surface area (Å²) < 4.78 is 5.77. The monoisotopic (exact) mass is 252 g/mol. The Morgan fingerprint density at radius 3 is 2.94 bits per heavy atom. The molecule has 5 unspecified atom stereocenters. The standard InChI is InChI=1S/C14H24N2O2/c1-9-3-2-6-15-11(9)8-14(17)16-12-7-10-4-5-13(12)18-10/h9-13,15H,2-8H2,1H3,(H,16,17). The van der Waals surface area contributed by atoms with Gasteiger partial charge >= 0.3 is 0 Å². The lowest BCUT2D eigenvalue weighted by molar-refractivity contribution is -0.123. The first-order valence-corrected chi connectivity index (χ1v) is 7.40. The predicted molar refractivity (Wildman–Crippen MR) is 69.2 cm³/mol. The van der Waals surface area contributed by atoms with Gasteiger partial charge in [0.25, 0.3) is 0 Å². The van der Waals surface area contributed by atoms with Gasteiger partial charge in [-0.1, -0.05) is 6.92 Å². The van der Waals surface area contributed by atoms with Gasteiger partial charge in [0.1, 0.15) is 0 Å². The molecule has 0 aromatic carbocycles. The van der Waals surface area contributed by atoms with E-state index in [0.717, 1.165) is 19.4 Å². The predicted octanol–water partition coefficient (Wildman–Crippen LogP) is 1.20. The van der Waals surface area contributed by atoms with Crippen molar-refractivity contribution in [1.29, 1.82) is 0 Å². The van der Waals surface area contributed by atoms with Gasteiger partial charge in [0.15, 0.2) is 0 Å². The van der Waals surface area contributed by atoms with Crippen LogP contribution in [0.2, 0.25) is 0 Å². The van der Waals surface area contributed by atoms with Crippen molar-refractivity contribution < 1.29 is 9.53 Å². The second-order valence-corrected chi connectivity index (χ2v) is 6.17. The van der Waals surface area contributed by atoms with Crippen molar-refractivity contribution in [2.75, 3.05) is 6.54 Å². The zero-order valence-corrected chi connectivity index (χ0v) is 11.2. The molecule has 0 aromatic rings. The molecule has 102 valence electrons. The number of piperidine rings is 1. The summed E-state index contributed by atoms with van der Waals surface area (Å²) in [5.41, 5.74) is 0. The van der Waals surface area contributed by atoms with Crippen molar-refractivity contribution in [2.24, 2.45) is 5.92 Å². The summed E-state index contributed by atoms with van der Waals surface area (Å²) in [6, 6.07) is 0.633. The zero-order valence-electron chi connectivity index (χ0n) is 11.2. The van der Waals surface area contributed by atoms with E-state index in [1.807, 2.05) is 0 Å². The van der Waals surface area contributed by atoms with Gasteiger partial charge in [-0.05, 0) is 44.6 Å². The van der Waals surface area contributed by atoms with Crippen molar-refractivity contribution in [1.82, 2.24) is 10.6 Å². The van der Waals surface area contributed by atoms with Crippen LogP contribution in [0.5, 0.6) is 0 Å². The van der Waals surface area contributed by atoms with E-state index in [1.54, 1.807) is 0 Å². The number of carbonyl (C=O) groups excluding carboxylic acids is 1. The Morgan fingerprint density at radius 1 is 1.39 bits per heavy atom. The third kappa shape index (κ3) is 2.54. The molecule has 3 heterocycles. The Hall–Kier alpha value is -0.610. The first-order valence-electron chi connectivity index (χ1n) is 7.40. The molecule has 3 fully saturated rings. The molecular formula is C14H24N2O2. The highest BCUT2D eigenvalue weighted by Gasteiger charge is 2.41. The number of carbonyl (C=O) groups is 1. The normalized spacial score (nSPS) is 43.1. The molecule has 3 saturated heterocycles. The van der Waals surface area contributed by atoms with Crippen LogP contribution in [0.1, 0.15) is 45.4 Å². The van der Waals surface area contributed by atoms with Gasteiger partial charge in [0, 0.05) is 12.5 Å². The van der Waals surface area contributed by atoms with Crippen molar-refractivity contribution >= 4 is 5.91 Å². The molecule has 0 aromatic heterocycles. The minimum absolute atomic E-state index is 0.197. The second-order valence-electron chi connectivity index (χ2n) is 6.17. The molecule has 0 saturated carbocycles. The van der Waals surface area contributed by atoms with Gasteiger partial charge in [0.05, 0.1) is 18.2 Å². The van der Waals surface area contributed by atoms with Crippen LogP contribution in [0.4, 0.5) is 0 Å². The summed E-state index contributed by atoms with van der Waals surface area (Å²) in [5.74, 6) is 0.808. The SMILES string of the molecule is CC1CCCNC1CC(=O)NC1CC2CCC1O2. The topological polar surface area (TPSA) is 50.4 Å². The van der Waals surface area contributed by atoms with Gasteiger partial charge in [0.2, 0.25) is 5.91 Å². The maximum absolute atomic E-state index is 12.1. The molecular weight excluding hydrogens is 228 g/mol. The third-order valence-corrected chi connectivity index (χ3v) is 4.79. The lowest BCUT2D eigenvalue weighted by Gasteiger charge is -2.30. The van der Waals surface area contributed by atoms with Gasteiger partial charge < -0.3 is 15.4 Å². The third-order valence-electron chi connectivity index (χ3n) is 4.79. The average Bonchev–Trinajstić information content (AvgIpc) is 2.94. The van der Waals surface area contributed by atoms with Crippen LogP contribution in [0, 0.1) is 5.92 Å². The van der Waals surface area contributed by atoms with E-state index in [2.05, 4.69) is 17.6 Å². The highest BCUT2D eigenvalue weighted by Crippen LogP contribution is 2.34. The quantitative estimate of drug-likeness (QED) is 0.793. The Labute approximate surface area is 109 Å². The van der Waals surface area contributed by atoms with Crippen LogP contribution in [0.3, 0.4) is 0 Å². The van der Waals surface area contributed by atoms with E-state index in [1.165, 1.54) is 19.3 Å². The smallest absolute Gasteiger partial charge is 0.221 e. The number of nitrogens with one attached hydrogen (secondary N) is 2. The van der Waals surface area contributed by atoms with Crippen LogP contribution in [-0.2, 0) is 9.53 Å². The fourth-order valence-electron chi connectivity index (χ4n) is 3.64. The summed E-state index contributed by atoms with van der Waals surface area (Å²) >= 11 is 0. The summed E-state index contributed by atoms with van der Waals surface area (Å²) in [6.45, 7) is 3.30. The van der Waals surface area contributed by atoms with Crippen molar-refractivity contribution in [2.45, 2.75) is 69.7 Å². The minimum Gasteiger partial charge on any atom is -0.373 e. The highest BCUT2D eigenvalue weighted by atomic mass is 16.5. The summed E-state index contributed by atoms with van der Waals surface area (Å²) in [7, 11) is 0. The first kappa shape index (κ1) is 12.4. The van der Waals surface area contributed by atoms with Gasteiger partial charge in [-0.15, -0.1) is 0 Å². The van der Waals surface area contributed by atoms with Crippen LogP contribution in [0.25, 0.3) is 0 Å². The molecule has 3 rings (SSSR count). The van der Waals surface area contributed by atoms with E-state index in [9.17, 15) is 4.79 Å². The zero-order chi connectivity index (χ0) is 12.5. The van der Waals surface area contributed by atoms with Gasteiger partial charge in [-0.2, -0.15) is 0 Å². The summed E-state index contributed by atoms with van der Waals surface area (Å²) in [5, 5.41) is 6.64. The van der Waals surface area contributed by atoms with Crippen LogP contribution in [0.15, 0.2) is 0 Å². The fraction of sp³-hybridized carbons (Fsp3) is 0.929. The molecule has 3 aliphatic heterocycles. The Bertz CT molecular complexity index is 315.